The number of benzene rings is 1. The van der Waals surface area contributed by atoms with E-state index in [1.165, 1.54) is 5.56 Å². The highest BCUT2D eigenvalue weighted by Gasteiger charge is 2.16. The third kappa shape index (κ3) is 2.33. The second kappa shape index (κ2) is 5.90. The maximum Gasteiger partial charge on any atom is 0.132 e. The fraction of sp³-hybridized carbons (Fsp3) is 0.375. The lowest BCUT2D eigenvalue weighted by Gasteiger charge is -2.16. The van der Waals surface area contributed by atoms with Crippen LogP contribution in [-0.2, 0) is 6.42 Å². The molecular weight excluding hydrogens is 250 g/mol. The Hall–Kier alpha value is -2.10. The summed E-state index contributed by atoms with van der Waals surface area (Å²) in [5.41, 5.74) is 5.43. The number of anilines is 1. The van der Waals surface area contributed by atoms with Crippen LogP contribution in [0.4, 0.5) is 5.82 Å². The Morgan fingerprint density at radius 3 is 2.55 bits per heavy atom. The zero-order chi connectivity index (χ0) is 14.7. The highest BCUT2D eigenvalue weighted by Crippen LogP contribution is 2.36. The van der Waals surface area contributed by atoms with Crippen LogP contribution in [0.25, 0.3) is 11.3 Å². The van der Waals surface area contributed by atoms with Crippen LogP contribution in [0.1, 0.15) is 23.6 Å². The number of aryl methyl sites for hydroxylation is 1. The summed E-state index contributed by atoms with van der Waals surface area (Å²) in [4.78, 5) is 8.76. The first-order chi connectivity index (χ1) is 9.63. The number of hydrogen-bond donors (Lipinski definition) is 1. The maximum atomic E-state index is 5.60. The van der Waals surface area contributed by atoms with Crippen LogP contribution in [0.2, 0.25) is 0 Å². The minimum atomic E-state index is 0.864. The van der Waals surface area contributed by atoms with Gasteiger partial charge in [0.05, 0.1) is 12.8 Å². The average Bonchev–Trinajstić information content (AvgIpc) is 2.48. The lowest BCUT2D eigenvalue weighted by molar-refractivity contribution is 0.413. The normalized spacial score (nSPS) is 10.4. The van der Waals surface area contributed by atoms with E-state index in [-0.39, 0.29) is 0 Å². The summed E-state index contributed by atoms with van der Waals surface area (Å²) in [5.74, 6) is 1.76. The third-order valence-corrected chi connectivity index (χ3v) is 3.67. The first kappa shape index (κ1) is 14.3. The second-order valence-electron chi connectivity index (χ2n) is 4.74. The molecule has 0 aliphatic heterocycles. The highest BCUT2D eigenvalue weighted by molar-refractivity contribution is 5.75. The van der Waals surface area contributed by atoms with Crippen molar-refractivity contribution in [3.05, 3.63) is 35.2 Å². The van der Waals surface area contributed by atoms with Crippen LogP contribution in [-0.4, -0.2) is 24.1 Å². The largest absolute Gasteiger partial charge is 0.496 e. The zero-order valence-corrected chi connectivity index (χ0v) is 12.7. The lowest BCUT2D eigenvalue weighted by Crippen LogP contribution is -2.03. The topological polar surface area (TPSA) is 47.0 Å². The van der Waals surface area contributed by atoms with Gasteiger partial charge in [0.15, 0.2) is 0 Å². The van der Waals surface area contributed by atoms with Crippen molar-refractivity contribution >= 4 is 5.82 Å². The van der Waals surface area contributed by atoms with Crippen LogP contribution in [0, 0.1) is 13.8 Å². The molecule has 0 atom stereocenters. The van der Waals surface area contributed by atoms with Crippen LogP contribution in [0.15, 0.2) is 18.5 Å². The fourth-order valence-corrected chi connectivity index (χ4v) is 2.43. The molecule has 1 aromatic carbocycles. The van der Waals surface area contributed by atoms with Crippen LogP contribution < -0.4 is 10.1 Å². The van der Waals surface area contributed by atoms with E-state index in [9.17, 15) is 0 Å². The predicted molar refractivity (Wildman–Crippen MR) is 82.4 cm³/mol. The van der Waals surface area contributed by atoms with Gasteiger partial charge in [0.2, 0.25) is 0 Å². The maximum absolute atomic E-state index is 5.60. The molecule has 0 radical (unpaired) electrons. The molecule has 1 heterocycles. The van der Waals surface area contributed by atoms with Crippen molar-refractivity contribution in [2.24, 2.45) is 0 Å². The van der Waals surface area contributed by atoms with E-state index in [4.69, 9.17) is 4.74 Å². The average molecular weight is 271 g/mol. The first-order valence-corrected chi connectivity index (χ1v) is 6.80. The van der Waals surface area contributed by atoms with E-state index in [1.54, 1.807) is 13.4 Å². The van der Waals surface area contributed by atoms with Gasteiger partial charge >= 0.3 is 0 Å². The molecule has 0 fully saturated rings. The Morgan fingerprint density at radius 1 is 1.20 bits per heavy atom. The van der Waals surface area contributed by atoms with Gasteiger partial charge < -0.3 is 10.1 Å². The highest BCUT2D eigenvalue weighted by atomic mass is 16.5. The summed E-state index contributed by atoms with van der Waals surface area (Å²) in [5, 5.41) is 3.13. The van der Waals surface area contributed by atoms with E-state index < -0.39 is 0 Å². The number of ether oxygens (including phenoxy) is 1. The molecule has 0 amide bonds. The molecule has 4 heteroatoms. The van der Waals surface area contributed by atoms with Crippen molar-refractivity contribution in [1.29, 1.82) is 0 Å². The number of nitrogens with zero attached hydrogens (tertiary/aromatic N) is 2. The summed E-state index contributed by atoms with van der Waals surface area (Å²) >= 11 is 0. The Bertz CT molecular complexity index is 623. The van der Waals surface area contributed by atoms with Gasteiger partial charge in [-0.1, -0.05) is 13.0 Å². The standard InChI is InChI=1S/C16H21N3O/c1-6-12-14(18-9-19-16(12)17-4)13-8-7-10(2)11(3)15(13)20-5/h7-9H,6H2,1-5H3,(H,17,18,19). The van der Waals surface area contributed by atoms with E-state index >= 15 is 0 Å². The fourth-order valence-electron chi connectivity index (χ4n) is 2.43. The molecule has 1 N–H and O–H groups in total. The molecule has 2 rings (SSSR count). The molecule has 0 saturated heterocycles. The molecular formula is C16H21N3O. The van der Waals surface area contributed by atoms with Gasteiger partial charge in [-0.3, -0.25) is 0 Å². The number of hydrogen-bond acceptors (Lipinski definition) is 4. The van der Waals surface area contributed by atoms with Gasteiger partial charge in [-0.05, 0) is 37.5 Å². The number of methoxy groups -OCH3 is 1. The summed E-state index contributed by atoms with van der Waals surface area (Å²) in [6, 6.07) is 4.18. The summed E-state index contributed by atoms with van der Waals surface area (Å²) in [6.45, 7) is 6.27. The van der Waals surface area contributed by atoms with Gasteiger partial charge in [0, 0.05) is 18.2 Å². The minimum absolute atomic E-state index is 0.864. The monoisotopic (exact) mass is 271 g/mol. The van der Waals surface area contributed by atoms with Crippen molar-refractivity contribution in [2.75, 3.05) is 19.5 Å². The molecule has 0 aliphatic rings. The van der Waals surface area contributed by atoms with Crippen LogP contribution >= 0.6 is 0 Å². The molecule has 1 aromatic heterocycles. The molecule has 0 saturated carbocycles. The third-order valence-electron chi connectivity index (χ3n) is 3.67. The Balaban J connectivity index is 2.72. The lowest BCUT2D eigenvalue weighted by atomic mass is 9.98. The van der Waals surface area contributed by atoms with Gasteiger partial charge in [-0.25, -0.2) is 9.97 Å². The SMILES string of the molecule is CCc1c(NC)ncnc1-c1ccc(C)c(C)c1OC. The number of nitrogens with one attached hydrogen (secondary N) is 1. The molecule has 106 valence electrons. The van der Waals surface area contributed by atoms with Crippen molar-refractivity contribution in [2.45, 2.75) is 27.2 Å². The summed E-state index contributed by atoms with van der Waals surface area (Å²) in [6.07, 6.45) is 2.46. The second-order valence-corrected chi connectivity index (χ2v) is 4.74. The van der Waals surface area contributed by atoms with E-state index in [0.29, 0.717) is 0 Å². The Morgan fingerprint density at radius 2 is 1.95 bits per heavy atom. The number of rotatable bonds is 4. The van der Waals surface area contributed by atoms with Crippen molar-refractivity contribution in [3.8, 4) is 17.0 Å². The Labute approximate surface area is 120 Å². The van der Waals surface area contributed by atoms with Crippen molar-refractivity contribution in [3.63, 3.8) is 0 Å². The van der Waals surface area contributed by atoms with E-state index in [2.05, 4.69) is 48.2 Å². The Kier molecular flexibility index (Phi) is 4.23. The summed E-state index contributed by atoms with van der Waals surface area (Å²) < 4.78 is 5.60. The number of aromatic nitrogens is 2. The first-order valence-electron chi connectivity index (χ1n) is 6.80. The van der Waals surface area contributed by atoms with Crippen LogP contribution in [0.5, 0.6) is 5.75 Å². The quantitative estimate of drug-likeness (QED) is 0.926. The molecule has 0 unspecified atom stereocenters. The van der Waals surface area contributed by atoms with Gasteiger partial charge in [-0.2, -0.15) is 0 Å². The van der Waals surface area contributed by atoms with Crippen LogP contribution in [0.3, 0.4) is 0 Å². The summed E-state index contributed by atoms with van der Waals surface area (Å²) in [7, 11) is 3.58. The minimum Gasteiger partial charge on any atom is -0.496 e. The van der Waals surface area contributed by atoms with E-state index in [1.807, 2.05) is 7.05 Å². The van der Waals surface area contributed by atoms with Gasteiger partial charge in [-0.15, -0.1) is 0 Å². The smallest absolute Gasteiger partial charge is 0.132 e. The molecule has 2 aromatic rings. The van der Waals surface area contributed by atoms with Crippen molar-refractivity contribution in [1.82, 2.24) is 9.97 Å². The van der Waals surface area contributed by atoms with Crippen molar-refractivity contribution < 1.29 is 4.74 Å². The van der Waals surface area contributed by atoms with Gasteiger partial charge in [0.1, 0.15) is 17.9 Å². The van der Waals surface area contributed by atoms with E-state index in [0.717, 1.165) is 40.4 Å². The molecule has 0 spiro atoms. The molecule has 20 heavy (non-hydrogen) atoms. The molecule has 0 bridgehead atoms. The molecule has 0 aliphatic carbocycles. The van der Waals surface area contributed by atoms with Gasteiger partial charge in [0.25, 0.3) is 0 Å². The predicted octanol–water partition coefficient (Wildman–Crippen LogP) is 3.37. The zero-order valence-electron chi connectivity index (χ0n) is 12.7. The molecule has 4 nitrogen and oxygen atoms in total.